The number of carbonyl (C=O) groups is 6. The zero-order chi connectivity index (χ0) is 27.3. The maximum atomic E-state index is 12.8. The van der Waals surface area contributed by atoms with Crippen LogP contribution in [0.1, 0.15) is 39.5 Å². The Hall–Kier alpha value is -3.95. The molecule has 0 heterocycles. The second-order valence-electron chi connectivity index (χ2n) is 8.01. The van der Waals surface area contributed by atoms with Crippen molar-refractivity contribution in [3.8, 4) is 0 Å². The number of carboxylic acids is 2. The predicted molar refractivity (Wildman–Crippen MR) is 122 cm³/mol. The van der Waals surface area contributed by atoms with Gasteiger partial charge in [0.25, 0.3) is 0 Å². The third kappa shape index (κ3) is 12.8. The van der Waals surface area contributed by atoms with Gasteiger partial charge in [-0.3, -0.25) is 29.0 Å². The van der Waals surface area contributed by atoms with Crippen molar-refractivity contribution in [3.63, 3.8) is 0 Å². The van der Waals surface area contributed by atoms with Gasteiger partial charge in [0.05, 0.1) is 18.9 Å². The van der Waals surface area contributed by atoms with Crippen LogP contribution in [0.4, 0.5) is 0 Å². The SMILES string of the molecule is CC(C)C(NC(=O)C(CC(N)=O)NC(=O)C(N)CC(=O)O)C(=O)NC(CCCN=C(N)N)C(=O)O. The smallest absolute Gasteiger partial charge is 0.326 e. The van der Waals surface area contributed by atoms with Gasteiger partial charge in [0.1, 0.15) is 18.1 Å². The number of nitrogens with zero attached hydrogens (tertiary/aromatic N) is 1. The Balaban J connectivity index is 5.40. The van der Waals surface area contributed by atoms with Crippen molar-refractivity contribution in [1.82, 2.24) is 16.0 Å². The number of amides is 4. The van der Waals surface area contributed by atoms with Crippen LogP contribution in [0.15, 0.2) is 4.99 Å². The summed E-state index contributed by atoms with van der Waals surface area (Å²) >= 11 is 0. The fraction of sp³-hybridized carbons (Fsp3) is 0.632. The summed E-state index contributed by atoms with van der Waals surface area (Å²) in [7, 11) is 0. The normalized spacial score (nSPS) is 14.1. The quantitative estimate of drug-likeness (QED) is 0.0555. The number of carboxylic acid groups (broad SMARTS) is 2. The second kappa shape index (κ2) is 15.0. The van der Waals surface area contributed by atoms with Crippen LogP contribution in [0.2, 0.25) is 0 Å². The minimum absolute atomic E-state index is 0.00155. The third-order valence-corrected chi connectivity index (χ3v) is 4.58. The molecule has 0 bridgehead atoms. The van der Waals surface area contributed by atoms with Gasteiger partial charge in [0, 0.05) is 6.54 Å². The highest BCUT2D eigenvalue weighted by Gasteiger charge is 2.32. The first-order chi connectivity index (χ1) is 16.1. The van der Waals surface area contributed by atoms with E-state index in [-0.39, 0.29) is 25.3 Å². The lowest BCUT2D eigenvalue weighted by atomic mass is 10.0. The molecule has 0 aliphatic rings. The topological polar surface area (TPSA) is 295 Å². The summed E-state index contributed by atoms with van der Waals surface area (Å²) in [6.45, 7) is 3.29. The molecule has 4 amide bonds. The average Bonchev–Trinajstić information content (AvgIpc) is 2.71. The summed E-state index contributed by atoms with van der Waals surface area (Å²) in [5.74, 6) is -7.16. The van der Waals surface area contributed by atoms with Gasteiger partial charge in [-0.15, -0.1) is 0 Å². The lowest BCUT2D eigenvalue weighted by Gasteiger charge is -2.26. The Labute approximate surface area is 201 Å². The van der Waals surface area contributed by atoms with Crippen molar-refractivity contribution < 1.29 is 39.0 Å². The summed E-state index contributed by atoms with van der Waals surface area (Å²) in [5.41, 5.74) is 21.0. The fourth-order valence-electron chi connectivity index (χ4n) is 2.78. The molecule has 4 atom stereocenters. The lowest BCUT2D eigenvalue weighted by molar-refractivity contribution is -0.143. The van der Waals surface area contributed by atoms with Crippen molar-refractivity contribution in [2.45, 2.75) is 63.7 Å². The molecule has 0 aliphatic carbocycles. The van der Waals surface area contributed by atoms with Gasteiger partial charge < -0.3 is 49.1 Å². The van der Waals surface area contributed by atoms with E-state index in [1.165, 1.54) is 0 Å². The number of nitrogens with one attached hydrogen (secondary N) is 3. The zero-order valence-electron chi connectivity index (χ0n) is 19.5. The minimum atomic E-state index is -1.55. The molecule has 0 spiro atoms. The average molecular weight is 503 g/mol. The Kier molecular flexibility index (Phi) is 13.4. The Morgan fingerprint density at radius 2 is 1.40 bits per heavy atom. The van der Waals surface area contributed by atoms with Crippen LogP contribution in [0, 0.1) is 5.92 Å². The van der Waals surface area contributed by atoms with E-state index in [0.717, 1.165) is 0 Å². The number of hydrogen-bond acceptors (Lipinski definition) is 8. The second-order valence-corrected chi connectivity index (χ2v) is 8.01. The Morgan fingerprint density at radius 3 is 1.86 bits per heavy atom. The van der Waals surface area contributed by atoms with E-state index in [9.17, 15) is 33.9 Å². The number of rotatable bonds is 16. The Bertz CT molecular complexity index is 828. The monoisotopic (exact) mass is 502 g/mol. The van der Waals surface area contributed by atoms with E-state index >= 15 is 0 Å². The van der Waals surface area contributed by atoms with E-state index in [2.05, 4.69) is 20.9 Å². The van der Waals surface area contributed by atoms with Gasteiger partial charge in [0.2, 0.25) is 23.6 Å². The minimum Gasteiger partial charge on any atom is -0.481 e. The molecule has 0 saturated heterocycles. The van der Waals surface area contributed by atoms with E-state index in [0.29, 0.717) is 0 Å². The van der Waals surface area contributed by atoms with Crippen LogP contribution in [0.25, 0.3) is 0 Å². The van der Waals surface area contributed by atoms with Gasteiger partial charge in [-0.2, -0.15) is 0 Å². The van der Waals surface area contributed by atoms with Crippen LogP contribution >= 0.6 is 0 Å². The standard InChI is InChI=1S/C19H34N8O8/c1-8(2)14(17(33)25-10(18(34)35)4-3-5-24-19(22)23)27-16(32)11(7-12(21)28)26-15(31)9(20)6-13(29)30/h8-11,14H,3-7,20H2,1-2H3,(H2,21,28)(H,25,33)(H,26,31)(H,27,32)(H,29,30)(H,34,35)(H4,22,23,24). The predicted octanol–water partition coefficient (Wildman–Crippen LogP) is -4.09. The first kappa shape index (κ1) is 31.0. The van der Waals surface area contributed by atoms with Crippen LogP contribution in [-0.2, 0) is 28.8 Å². The number of primary amides is 1. The van der Waals surface area contributed by atoms with Gasteiger partial charge in [-0.05, 0) is 18.8 Å². The molecular weight excluding hydrogens is 468 g/mol. The number of hydrogen-bond donors (Lipinski definition) is 9. The van der Waals surface area contributed by atoms with Gasteiger partial charge in [-0.25, -0.2) is 4.79 Å². The number of nitrogens with two attached hydrogens (primary N) is 4. The van der Waals surface area contributed by atoms with Crippen LogP contribution in [0.5, 0.6) is 0 Å². The number of carbonyl (C=O) groups excluding carboxylic acids is 4. The van der Waals surface area contributed by atoms with Crippen molar-refractivity contribution in [1.29, 1.82) is 0 Å². The molecule has 0 aliphatic heterocycles. The molecule has 0 aromatic rings. The van der Waals surface area contributed by atoms with E-state index in [1.54, 1.807) is 13.8 Å². The maximum absolute atomic E-state index is 12.8. The van der Waals surface area contributed by atoms with Crippen molar-refractivity contribution in [2.24, 2.45) is 33.8 Å². The summed E-state index contributed by atoms with van der Waals surface area (Å²) in [4.78, 5) is 75.0. The highest BCUT2D eigenvalue weighted by molar-refractivity contribution is 5.96. The summed E-state index contributed by atoms with van der Waals surface area (Å²) < 4.78 is 0. The van der Waals surface area contributed by atoms with E-state index in [4.69, 9.17) is 28.0 Å². The number of aliphatic carboxylic acids is 2. The van der Waals surface area contributed by atoms with Crippen molar-refractivity contribution >= 4 is 41.5 Å². The summed E-state index contributed by atoms with van der Waals surface area (Å²) in [6, 6.07) is -5.61. The van der Waals surface area contributed by atoms with E-state index < -0.39 is 78.5 Å². The van der Waals surface area contributed by atoms with Crippen molar-refractivity contribution in [2.75, 3.05) is 6.54 Å². The fourth-order valence-corrected chi connectivity index (χ4v) is 2.78. The molecule has 0 radical (unpaired) electrons. The molecule has 4 unspecified atom stereocenters. The molecule has 13 N–H and O–H groups in total. The van der Waals surface area contributed by atoms with Gasteiger partial charge >= 0.3 is 11.9 Å². The third-order valence-electron chi connectivity index (χ3n) is 4.58. The summed E-state index contributed by atoms with van der Waals surface area (Å²) in [6.07, 6.45) is -1.14. The van der Waals surface area contributed by atoms with Crippen molar-refractivity contribution in [3.05, 3.63) is 0 Å². The molecule has 0 rings (SSSR count). The van der Waals surface area contributed by atoms with Crippen LogP contribution in [0.3, 0.4) is 0 Å². The lowest BCUT2D eigenvalue weighted by Crippen LogP contribution is -2.59. The first-order valence-corrected chi connectivity index (χ1v) is 10.6. The zero-order valence-corrected chi connectivity index (χ0v) is 19.5. The van der Waals surface area contributed by atoms with Crippen LogP contribution < -0.4 is 38.9 Å². The molecule has 35 heavy (non-hydrogen) atoms. The molecular formula is C19H34N8O8. The highest BCUT2D eigenvalue weighted by atomic mass is 16.4. The molecule has 0 saturated carbocycles. The van der Waals surface area contributed by atoms with Gasteiger partial charge in [-0.1, -0.05) is 13.8 Å². The highest BCUT2D eigenvalue weighted by Crippen LogP contribution is 2.07. The van der Waals surface area contributed by atoms with Gasteiger partial charge in [0.15, 0.2) is 5.96 Å². The first-order valence-electron chi connectivity index (χ1n) is 10.6. The molecule has 198 valence electrons. The largest absolute Gasteiger partial charge is 0.481 e. The molecule has 0 fully saturated rings. The van der Waals surface area contributed by atoms with E-state index in [1.807, 2.05) is 0 Å². The summed E-state index contributed by atoms with van der Waals surface area (Å²) in [5, 5.41) is 25.0. The van der Waals surface area contributed by atoms with Crippen LogP contribution in [-0.4, -0.2) is 82.5 Å². The number of guanidine groups is 1. The molecule has 16 nitrogen and oxygen atoms in total. The molecule has 16 heteroatoms. The molecule has 0 aromatic heterocycles. The maximum Gasteiger partial charge on any atom is 0.326 e. The Morgan fingerprint density at radius 1 is 0.829 bits per heavy atom. The molecule has 0 aromatic carbocycles. The number of aliphatic imine (C=N–C) groups is 1.